The summed E-state index contributed by atoms with van der Waals surface area (Å²) < 4.78 is 37.5. The second-order valence-electron chi connectivity index (χ2n) is 9.01. The molecule has 1 fully saturated rings. The molecule has 1 aliphatic rings. The molecule has 0 saturated carbocycles. The van der Waals surface area contributed by atoms with Gasteiger partial charge in [0.1, 0.15) is 17.1 Å². The molecule has 1 aromatic heterocycles. The highest BCUT2D eigenvalue weighted by Crippen LogP contribution is 2.37. The predicted molar refractivity (Wildman–Crippen MR) is 131 cm³/mol. The van der Waals surface area contributed by atoms with E-state index in [4.69, 9.17) is 18.9 Å². The van der Waals surface area contributed by atoms with Crippen molar-refractivity contribution in [3.8, 4) is 22.6 Å². The van der Waals surface area contributed by atoms with Crippen molar-refractivity contribution < 1.29 is 33.2 Å². The van der Waals surface area contributed by atoms with Gasteiger partial charge in [0.05, 0.1) is 20.3 Å². The van der Waals surface area contributed by atoms with Crippen molar-refractivity contribution in [1.29, 1.82) is 0 Å². The van der Waals surface area contributed by atoms with Gasteiger partial charge in [0, 0.05) is 56.1 Å². The Labute approximate surface area is 205 Å². The van der Waals surface area contributed by atoms with E-state index in [1.54, 1.807) is 19.1 Å². The summed E-state index contributed by atoms with van der Waals surface area (Å²) in [6, 6.07) is 4.83. The fraction of sp³-hybridized carbons (Fsp3) is 0.538. The zero-order valence-electron chi connectivity index (χ0n) is 20.9. The number of carbonyl (C=O) groups is 1. The number of methoxy groups -OCH3 is 1. The van der Waals surface area contributed by atoms with Crippen LogP contribution in [0, 0.1) is 11.7 Å². The molecule has 1 aliphatic heterocycles. The third-order valence-electron chi connectivity index (χ3n) is 6.05. The summed E-state index contributed by atoms with van der Waals surface area (Å²) in [4.78, 5) is 16.5. The molecule has 2 N–H and O–H groups in total. The minimum atomic E-state index is -1.17. The van der Waals surface area contributed by atoms with Crippen molar-refractivity contribution in [3.05, 3.63) is 35.8 Å². The van der Waals surface area contributed by atoms with Crippen LogP contribution in [0.2, 0.25) is 0 Å². The quantitative estimate of drug-likeness (QED) is 0.405. The largest absolute Gasteiger partial charge is 0.497 e. The van der Waals surface area contributed by atoms with E-state index in [0.717, 1.165) is 6.42 Å². The Kier molecular flexibility index (Phi) is 9.28. The zero-order valence-corrected chi connectivity index (χ0v) is 20.9. The van der Waals surface area contributed by atoms with Crippen LogP contribution in [0.4, 0.5) is 10.2 Å². The highest BCUT2D eigenvalue weighted by Gasteiger charge is 2.40. The lowest BCUT2D eigenvalue weighted by Crippen LogP contribution is -2.50. The van der Waals surface area contributed by atoms with Crippen LogP contribution in [0.1, 0.15) is 45.6 Å². The number of nitrogens with one attached hydrogen (secondary N) is 1. The van der Waals surface area contributed by atoms with Crippen LogP contribution in [-0.4, -0.2) is 55.1 Å². The molecule has 0 unspecified atom stereocenters. The summed E-state index contributed by atoms with van der Waals surface area (Å²) in [7, 11) is 1.51. The van der Waals surface area contributed by atoms with E-state index in [1.165, 1.54) is 19.4 Å². The molecular weight excluding hydrogens is 455 g/mol. The van der Waals surface area contributed by atoms with Crippen molar-refractivity contribution in [3.63, 3.8) is 0 Å². The molecule has 35 heavy (non-hydrogen) atoms. The predicted octanol–water partition coefficient (Wildman–Crippen LogP) is 4.90. The first kappa shape index (κ1) is 26.7. The number of nitrogens with zero attached hydrogens (tertiary/aromatic N) is 1. The highest BCUT2D eigenvalue weighted by atomic mass is 19.1. The van der Waals surface area contributed by atoms with Crippen LogP contribution in [0.25, 0.3) is 11.1 Å². The molecule has 192 valence electrons. The Bertz CT molecular complexity index is 1010. The average molecular weight is 491 g/mol. The Hall–Kier alpha value is -2.91. The first-order valence-electron chi connectivity index (χ1n) is 12.0. The molecule has 1 saturated heterocycles. The zero-order chi connectivity index (χ0) is 25.4. The van der Waals surface area contributed by atoms with E-state index >= 15 is 4.39 Å². The number of aliphatic carboxylic acids is 1. The molecule has 0 amide bonds. The standard InChI is InChI=1S/C26H35FN2O6/c1-5-35-22-14-19(32-4)13-20(24(22)27)21-15-28-23(12-18(21)16-34-9-6-17(2)3)29-26(25(30)31)7-10-33-11-8-26/h12-15,17H,5-11,16H2,1-4H3,(H,28,29)(H,30,31). The maximum absolute atomic E-state index is 15.4. The number of carboxylic acids is 1. The summed E-state index contributed by atoms with van der Waals surface area (Å²) in [5.41, 5.74) is 0.293. The summed E-state index contributed by atoms with van der Waals surface area (Å²) in [6.07, 6.45) is 3.05. The average Bonchev–Trinajstić information content (AvgIpc) is 2.84. The lowest BCUT2D eigenvalue weighted by atomic mass is 9.90. The van der Waals surface area contributed by atoms with Gasteiger partial charge in [-0.2, -0.15) is 0 Å². The second kappa shape index (κ2) is 12.2. The lowest BCUT2D eigenvalue weighted by Gasteiger charge is -2.34. The van der Waals surface area contributed by atoms with Crippen LogP contribution in [0.15, 0.2) is 24.4 Å². The Morgan fingerprint density at radius 3 is 2.63 bits per heavy atom. The van der Waals surface area contributed by atoms with Crippen molar-refractivity contribution in [2.45, 2.75) is 52.2 Å². The van der Waals surface area contributed by atoms with E-state index in [0.29, 0.717) is 67.9 Å². The van der Waals surface area contributed by atoms with Crippen LogP contribution < -0.4 is 14.8 Å². The maximum Gasteiger partial charge on any atom is 0.329 e. The highest BCUT2D eigenvalue weighted by molar-refractivity contribution is 5.83. The number of hydrogen-bond acceptors (Lipinski definition) is 7. The number of carboxylic acid groups (broad SMARTS) is 1. The van der Waals surface area contributed by atoms with Crippen molar-refractivity contribution >= 4 is 11.8 Å². The fourth-order valence-corrected chi connectivity index (χ4v) is 3.93. The van der Waals surface area contributed by atoms with Crippen LogP contribution >= 0.6 is 0 Å². The number of hydrogen-bond donors (Lipinski definition) is 2. The van der Waals surface area contributed by atoms with Gasteiger partial charge in [0.15, 0.2) is 11.6 Å². The van der Waals surface area contributed by atoms with Gasteiger partial charge in [-0.05, 0) is 37.0 Å². The van der Waals surface area contributed by atoms with Gasteiger partial charge in [0.2, 0.25) is 0 Å². The van der Waals surface area contributed by atoms with Crippen LogP contribution in [0.3, 0.4) is 0 Å². The van der Waals surface area contributed by atoms with Crippen molar-refractivity contribution in [2.24, 2.45) is 5.92 Å². The summed E-state index contributed by atoms with van der Waals surface area (Å²) in [6.45, 7) is 7.76. The third kappa shape index (κ3) is 6.61. The second-order valence-corrected chi connectivity index (χ2v) is 9.01. The minimum absolute atomic E-state index is 0.0859. The van der Waals surface area contributed by atoms with Gasteiger partial charge in [0.25, 0.3) is 0 Å². The topological polar surface area (TPSA) is 99.1 Å². The molecule has 0 spiro atoms. The lowest BCUT2D eigenvalue weighted by molar-refractivity contribution is -0.145. The molecule has 0 radical (unpaired) electrons. The maximum atomic E-state index is 15.4. The molecule has 3 rings (SSSR count). The third-order valence-corrected chi connectivity index (χ3v) is 6.05. The number of anilines is 1. The van der Waals surface area contributed by atoms with Gasteiger partial charge in [-0.3, -0.25) is 0 Å². The minimum Gasteiger partial charge on any atom is -0.497 e. The molecule has 9 heteroatoms. The molecule has 1 aromatic carbocycles. The first-order valence-corrected chi connectivity index (χ1v) is 12.0. The van der Waals surface area contributed by atoms with Gasteiger partial charge in [-0.1, -0.05) is 13.8 Å². The van der Waals surface area contributed by atoms with Crippen LogP contribution in [0.5, 0.6) is 11.5 Å². The van der Waals surface area contributed by atoms with E-state index < -0.39 is 17.3 Å². The van der Waals surface area contributed by atoms with E-state index in [1.807, 2.05) is 0 Å². The number of aromatic nitrogens is 1. The monoisotopic (exact) mass is 490 g/mol. The number of rotatable bonds is 12. The van der Waals surface area contributed by atoms with Crippen molar-refractivity contribution in [2.75, 3.05) is 38.9 Å². The van der Waals surface area contributed by atoms with Gasteiger partial charge in [-0.15, -0.1) is 0 Å². The van der Waals surface area contributed by atoms with Gasteiger partial charge >= 0.3 is 5.97 Å². The molecule has 2 heterocycles. The van der Waals surface area contributed by atoms with E-state index in [2.05, 4.69) is 24.1 Å². The number of pyridine rings is 1. The number of halogens is 1. The van der Waals surface area contributed by atoms with E-state index in [-0.39, 0.29) is 17.9 Å². The Balaban J connectivity index is 2.01. The fourth-order valence-electron chi connectivity index (χ4n) is 3.93. The Morgan fingerprint density at radius 1 is 1.26 bits per heavy atom. The molecule has 2 aromatic rings. The molecule has 8 nitrogen and oxygen atoms in total. The summed E-state index contributed by atoms with van der Waals surface area (Å²) in [5, 5.41) is 13.0. The SMILES string of the molecule is CCOc1cc(OC)cc(-c2cnc(NC3(C(=O)O)CCOCC3)cc2COCCC(C)C)c1F. The van der Waals surface area contributed by atoms with Crippen molar-refractivity contribution in [1.82, 2.24) is 4.98 Å². The molecule has 0 bridgehead atoms. The molecule has 0 aliphatic carbocycles. The van der Waals surface area contributed by atoms with E-state index in [9.17, 15) is 9.90 Å². The smallest absolute Gasteiger partial charge is 0.329 e. The van der Waals surface area contributed by atoms with Gasteiger partial charge < -0.3 is 29.4 Å². The summed E-state index contributed by atoms with van der Waals surface area (Å²) >= 11 is 0. The Morgan fingerprint density at radius 2 is 2.00 bits per heavy atom. The van der Waals surface area contributed by atoms with Gasteiger partial charge in [-0.25, -0.2) is 14.2 Å². The molecule has 0 atom stereocenters. The normalized spacial score (nSPS) is 15.1. The number of ether oxygens (including phenoxy) is 4. The number of benzene rings is 1. The summed E-state index contributed by atoms with van der Waals surface area (Å²) in [5.74, 6) is -0.0772. The van der Waals surface area contributed by atoms with Crippen LogP contribution in [-0.2, 0) is 20.9 Å². The molecular formula is C26H35FN2O6. The first-order chi connectivity index (χ1) is 16.8.